The number of Topliss-reactive ketones (excluding diaryl/α,β-unsaturated/α-hetero) is 2. The minimum absolute atomic E-state index is 0.0378. The summed E-state index contributed by atoms with van der Waals surface area (Å²) in [6.07, 6.45) is 9.87. The molecular formula is C38H61N3O3. The van der Waals surface area contributed by atoms with Gasteiger partial charge < -0.3 is 14.6 Å². The van der Waals surface area contributed by atoms with E-state index < -0.39 is 10.8 Å². The molecule has 2 aliphatic carbocycles. The summed E-state index contributed by atoms with van der Waals surface area (Å²) in [4.78, 5) is 26.2. The molecule has 1 aromatic heterocycles. The van der Waals surface area contributed by atoms with Crippen LogP contribution in [0.4, 0.5) is 0 Å². The van der Waals surface area contributed by atoms with E-state index >= 15 is 0 Å². The summed E-state index contributed by atoms with van der Waals surface area (Å²) in [5.74, 6) is 1.09. The molecule has 0 bridgehead atoms. The van der Waals surface area contributed by atoms with Gasteiger partial charge >= 0.3 is 0 Å². The number of nitrogens with zero attached hydrogens (tertiary/aromatic N) is 2. The second kappa shape index (κ2) is 12.9. The summed E-state index contributed by atoms with van der Waals surface area (Å²) in [5.41, 5.74) is 0.319. The Labute approximate surface area is 268 Å². The molecule has 44 heavy (non-hydrogen) atoms. The number of fused-ring (bicyclic) bond motifs is 1. The average molecular weight is 608 g/mol. The van der Waals surface area contributed by atoms with Crippen molar-refractivity contribution in [2.45, 2.75) is 141 Å². The van der Waals surface area contributed by atoms with Gasteiger partial charge in [0, 0.05) is 31.0 Å². The smallest absolute Gasteiger partial charge is 0.178 e. The molecule has 1 heterocycles. The van der Waals surface area contributed by atoms with Crippen molar-refractivity contribution < 1.29 is 14.1 Å². The van der Waals surface area contributed by atoms with Crippen molar-refractivity contribution in [3.05, 3.63) is 29.2 Å². The molecule has 0 aromatic carbocycles. The maximum atomic E-state index is 13.3. The lowest BCUT2D eigenvalue weighted by Gasteiger charge is -2.64. The number of nitriles is 1. The molecule has 3 rings (SSSR count). The third-order valence-electron chi connectivity index (χ3n) is 12.8. The summed E-state index contributed by atoms with van der Waals surface area (Å²) >= 11 is 0. The summed E-state index contributed by atoms with van der Waals surface area (Å²) in [6, 6.07) is 4.22. The van der Waals surface area contributed by atoms with Crippen molar-refractivity contribution >= 4 is 11.6 Å². The zero-order chi connectivity index (χ0) is 33.4. The zero-order valence-corrected chi connectivity index (χ0v) is 30.0. The fourth-order valence-electron chi connectivity index (χ4n) is 8.72. The molecule has 246 valence electrons. The number of carbonyl (C=O) groups excluding carboxylic acids is 2. The number of rotatable bonds is 14. The van der Waals surface area contributed by atoms with Crippen LogP contribution < -0.4 is 5.32 Å². The minimum atomic E-state index is -0.631. The predicted molar refractivity (Wildman–Crippen MR) is 178 cm³/mol. The first-order valence-corrected chi connectivity index (χ1v) is 17.0. The van der Waals surface area contributed by atoms with Crippen molar-refractivity contribution in [1.29, 1.82) is 5.26 Å². The maximum Gasteiger partial charge on any atom is 0.178 e. The number of hydrogen-bond donors (Lipinski definition) is 1. The first-order valence-electron chi connectivity index (χ1n) is 17.0. The Kier molecular flexibility index (Phi) is 10.6. The van der Waals surface area contributed by atoms with E-state index in [2.05, 4.69) is 71.9 Å². The van der Waals surface area contributed by atoms with E-state index in [0.717, 1.165) is 56.5 Å². The fourth-order valence-corrected chi connectivity index (χ4v) is 8.72. The highest BCUT2D eigenvalue weighted by molar-refractivity contribution is 6.04. The van der Waals surface area contributed by atoms with E-state index in [1.807, 2.05) is 32.9 Å². The van der Waals surface area contributed by atoms with Crippen molar-refractivity contribution in [3.8, 4) is 6.07 Å². The number of allylic oxidation sites excluding steroid dienone is 2. The van der Waals surface area contributed by atoms with Crippen LogP contribution in [0.5, 0.6) is 0 Å². The summed E-state index contributed by atoms with van der Waals surface area (Å²) in [7, 11) is 0. The van der Waals surface area contributed by atoms with E-state index in [0.29, 0.717) is 18.4 Å². The van der Waals surface area contributed by atoms with Crippen LogP contribution in [0.2, 0.25) is 0 Å². The molecular weight excluding hydrogens is 546 g/mol. The molecule has 1 fully saturated rings. The second-order valence-corrected chi connectivity index (χ2v) is 17.3. The Bertz CT molecular complexity index is 1280. The molecule has 0 amide bonds. The SMILES string of the molecule is CCC(C)(C)CC[C@@](C)(CCC(C)(C)[C@]1(C)CC[C@H]2C(C)(C)C(=O)C(C#N)=C[C@]2(C)[C@H]1CC(C)=O)CNCc1cc(C)on1. The molecule has 0 aliphatic heterocycles. The second-order valence-electron chi connectivity index (χ2n) is 17.3. The Balaban J connectivity index is 1.93. The first kappa shape index (κ1) is 36.2. The number of ketones is 2. The molecule has 1 saturated carbocycles. The van der Waals surface area contributed by atoms with Gasteiger partial charge in [-0.05, 0) is 91.3 Å². The van der Waals surface area contributed by atoms with E-state index in [1.165, 1.54) is 6.42 Å². The molecule has 0 spiro atoms. The van der Waals surface area contributed by atoms with Gasteiger partial charge in [-0.25, -0.2) is 0 Å². The van der Waals surface area contributed by atoms with E-state index in [4.69, 9.17) is 4.52 Å². The van der Waals surface area contributed by atoms with Crippen LogP contribution in [0.25, 0.3) is 0 Å². The van der Waals surface area contributed by atoms with Crippen LogP contribution in [0.1, 0.15) is 139 Å². The molecule has 0 saturated heterocycles. The number of aromatic nitrogens is 1. The van der Waals surface area contributed by atoms with E-state index in [1.54, 1.807) is 6.92 Å². The number of carbonyl (C=O) groups is 2. The highest BCUT2D eigenvalue weighted by Crippen LogP contribution is 2.68. The summed E-state index contributed by atoms with van der Waals surface area (Å²) in [6.45, 7) is 28.1. The van der Waals surface area contributed by atoms with Crippen molar-refractivity contribution in [3.63, 3.8) is 0 Å². The topological polar surface area (TPSA) is 96.0 Å². The third-order valence-corrected chi connectivity index (χ3v) is 12.8. The van der Waals surface area contributed by atoms with Gasteiger partial charge in [-0.3, -0.25) is 4.79 Å². The lowest BCUT2D eigenvalue weighted by atomic mass is 9.39. The fraction of sp³-hybridized carbons (Fsp3) is 0.789. The van der Waals surface area contributed by atoms with Crippen LogP contribution in [0, 0.1) is 62.6 Å². The van der Waals surface area contributed by atoms with Gasteiger partial charge in [-0.1, -0.05) is 86.9 Å². The first-order chi connectivity index (χ1) is 20.2. The molecule has 6 heteroatoms. The predicted octanol–water partition coefficient (Wildman–Crippen LogP) is 9.18. The van der Waals surface area contributed by atoms with Gasteiger partial charge in [-0.15, -0.1) is 0 Å². The van der Waals surface area contributed by atoms with Crippen molar-refractivity contribution in [2.24, 2.45) is 44.3 Å². The molecule has 1 aromatic rings. The van der Waals surface area contributed by atoms with Gasteiger partial charge in [0.2, 0.25) is 0 Å². The Morgan fingerprint density at radius 3 is 2.30 bits per heavy atom. The van der Waals surface area contributed by atoms with E-state index in [-0.39, 0.29) is 45.2 Å². The van der Waals surface area contributed by atoms with Gasteiger partial charge in [0.15, 0.2) is 5.78 Å². The maximum absolute atomic E-state index is 13.3. The standard InChI is InChI=1S/C38H61N3O3/c1-13-33(4,5)16-18-36(10,25-40-24-29-21-27(3)44-41-29)19-17-34(6,7)38(12)15-14-30-35(8,9)32(43)28(23-39)22-37(30,11)31(38)20-26(2)42/h21-22,30-31,40H,13-20,24-25H2,1-12H3/t30-,31+,36-,37-,38+/m0/s1. The zero-order valence-electron chi connectivity index (χ0n) is 30.0. The Hall–Kier alpha value is -2.26. The monoisotopic (exact) mass is 607 g/mol. The lowest BCUT2D eigenvalue weighted by Crippen LogP contribution is -2.60. The molecule has 2 aliphatic rings. The molecule has 0 unspecified atom stereocenters. The highest BCUT2D eigenvalue weighted by Gasteiger charge is 2.63. The number of hydrogen-bond acceptors (Lipinski definition) is 6. The Morgan fingerprint density at radius 1 is 1.11 bits per heavy atom. The largest absolute Gasteiger partial charge is 0.361 e. The van der Waals surface area contributed by atoms with Crippen LogP contribution in [-0.2, 0) is 16.1 Å². The lowest BCUT2D eigenvalue weighted by molar-refractivity contribution is -0.155. The molecule has 0 radical (unpaired) electrons. The van der Waals surface area contributed by atoms with Gasteiger partial charge in [0.05, 0.1) is 11.3 Å². The van der Waals surface area contributed by atoms with Crippen molar-refractivity contribution in [1.82, 2.24) is 10.5 Å². The van der Waals surface area contributed by atoms with Gasteiger partial charge in [0.25, 0.3) is 0 Å². The van der Waals surface area contributed by atoms with Gasteiger partial charge in [-0.2, -0.15) is 5.26 Å². The quantitative estimate of drug-likeness (QED) is 0.226. The Morgan fingerprint density at radius 2 is 1.75 bits per heavy atom. The number of nitrogens with one attached hydrogen (secondary N) is 1. The highest BCUT2D eigenvalue weighted by atomic mass is 16.5. The molecule has 1 N–H and O–H groups in total. The van der Waals surface area contributed by atoms with Crippen LogP contribution >= 0.6 is 0 Å². The molecule has 6 nitrogen and oxygen atoms in total. The van der Waals surface area contributed by atoms with Gasteiger partial charge in [0.1, 0.15) is 17.6 Å². The normalized spacial score (nSPS) is 28.5. The number of aryl methyl sites for hydroxylation is 1. The van der Waals surface area contributed by atoms with Crippen LogP contribution in [0.15, 0.2) is 22.2 Å². The summed E-state index contributed by atoms with van der Waals surface area (Å²) in [5, 5.41) is 17.9. The van der Waals surface area contributed by atoms with Crippen molar-refractivity contribution in [2.75, 3.05) is 6.54 Å². The summed E-state index contributed by atoms with van der Waals surface area (Å²) < 4.78 is 5.29. The van der Waals surface area contributed by atoms with E-state index in [9.17, 15) is 14.9 Å². The minimum Gasteiger partial charge on any atom is -0.361 e. The average Bonchev–Trinajstić information content (AvgIpc) is 3.35. The van der Waals surface area contributed by atoms with Crippen LogP contribution in [-0.4, -0.2) is 23.3 Å². The molecule has 5 atom stereocenters. The van der Waals surface area contributed by atoms with Crippen LogP contribution in [0.3, 0.4) is 0 Å². The third kappa shape index (κ3) is 7.24.